The summed E-state index contributed by atoms with van der Waals surface area (Å²) in [5.74, 6) is -1.25. The number of nitrogens with zero attached hydrogens (tertiary/aromatic N) is 2. The molecule has 0 spiro atoms. The van der Waals surface area contributed by atoms with E-state index in [9.17, 15) is 24.1 Å². The van der Waals surface area contributed by atoms with Crippen molar-refractivity contribution in [3.8, 4) is 0 Å². The fourth-order valence-corrected chi connectivity index (χ4v) is 1.90. The van der Waals surface area contributed by atoms with Gasteiger partial charge in [-0.3, -0.25) is 19.7 Å². The predicted octanol–water partition coefficient (Wildman–Crippen LogP) is 2.60. The topological polar surface area (TPSA) is 114 Å². The lowest BCUT2D eigenvalue weighted by Gasteiger charge is -2.04. The highest BCUT2D eigenvalue weighted by Gasteiger charge is 2.07. The number of halogens is 1. The van der Waals surface area contributed by atoms with Crippen LogP contribution < -0.4 is 10.7 Å². The van der Waals surface area contributed by atoms with Crippen molar-refractivity contribution >= 4 is 29.4 Å². The Labute approximate surface area is 147 Å². The standard InChI is InChI=1S/C17H15FN4O4/c18-13-3-5-14(6-4-13)20-16(23)9-10-17(24)21-19-11-12-1-7-15(8-2-12)22(25)26/h1-8,11H,9-10H2,(H,20,23)(H,21,24)/b19-11-. The molecule has 0 aliphatic heterocycles. The molecule has 0 unspecified atom stereocenters. The Bertz CT molecular complexity index is 820. The molecule has 2 N–H and O–H groups in total. The van der Waals surface area contributed by atoms with Crippen LogP contribution >= 0.6 is 0 Å². The highest BCUT2D eigenvalue weighted by Crippen LogP contribution is 2.10. The summed E-state index contributed by atoms with van der Waals surface area (Å²) in [5.41, 5.74) is 3.23. The number of hydrogen-bond acceptors (Lipinski definition) is 5. The van der Waals surface area contributed by atoms with E-state index >= 15 is 0 Å². The van der Waals surface area contributed by atoms with E-state index in [0.717, 1.165) is 0 Å². The molecule has 0 heterocycles. The molecule has 0 radical (unpaired) electrons. The lowest BCUT2D eigenvalue weighted by molar-refractivity contribution is -0.384. The van der Waals surface area contributed by atoms with Gasteiger partial charge in [-0.05, 0) is 42.0 Å². The van der Waals surface area contributed by atoms with Crippen molar-refractivity contribution in [2.75, 3.05) is 5.32 Å². The van der Waals surface area contributed by atoms with Gasteiger partial charge in [-0.2, -0.15) is 5.10 Å². The quantitative estimate of drug-likeness (QED) is 0.450. The van der Waals surface area contributed by atoms with Crippen LogP contribution in [0.25, 0.3) is 0 Å². The molecule has 2 aromatic rings. The molecule has 0 saturated carbocycles. The second-order valence-corrected chi connectivity index (χ2v) is 5.20. The van der Waals surface area contributed by atoms with E-state index in [-0.39, 0.29) is 24.4 Å². The van der Waals surface area contributed by atoms with Crippen molar-refractivity contribution in [3.63, 3.8) is 0 Å². The van der Waals surface area contributed by atoms with Gasteiger partial charge in [0, 0.05) is 30.7 Å². The SMILES string of the molecule is O=C(CCC(=O)Nc1ccc(F)cc1)N/N=C\c1ccc([N+](=O)[O-])cc1. The Morgan fingerprint density at radius 2 is 1.65 bits per heavy atom. The maximum atomic E-state index is 12.8. The van der Waals surface area contributed by atoms with Crippen molar-refractivity contribution in [2.24, 2.45) is 5.10 Å². The molecule has 9 heteroatoms. The van der Waals surface area contributed by atoms with Gasteiger partial charge in [0.2, 0.25) is 11.8 Å². The smallest absolute Gasteiger partial charge is 0.269 e. The van der Waals surface area contributed by atoms with Crippen LogP contribution in [0.5, 0.6) is 0 Å². The van der Waals surface area contributed by atoms with E-state index in [1.165, 1.54) is 54.7 Å². The number of nitro groups is 1. The van der Waals surface area contributed by atoms with Crippen molar-refractivity contribution in [1.82, 2.24) is 5.43 Å². The first-order valence-electron chi connectivity index (χ1n) is 7.56. The maximum absolute atomic E-state index is 12.8. The first kappa shape index (κ1) is 18.7. The third-order valence-electron chi connectivity index (χ3n) is 3.21. The Balaban J connectivity index is 1.73. The van der Waals surface area contributed by atoms with Gasteiger partial charge < -0.3 is 5.32 Å². The summed E-state index contributed by atoms with van der Waals surface area (Å²) in [6.45, 7) is 0. The lowest BCUT2D eigenvalue weighted by atomic mass is 10.2. The van der Waals surface area contributed by atoms with Crippen molar-refractivity contribution in [2.45, 2.75) is 12.8 Å². The van der Waals surface area contributed by atoms with Gasteiger partial charge in [-0.25, -0.2) is 9.82 Å². The zero-order chi connectivity index (χ0) is 18.9. The van der Waals surface area contributed by atoms with Crippen LogP contribution in [0, 0.1) is 15.9 Å². The molecule has 2 amide bonds. The van der Waals surface area contributed by atoms with Crippen molar-refractivity contribution < 1.29 is 18.9 Å². The van der Waals surface area contributed by atoms with Crippen LogP contribution in [0.4, 0.5) is 15.8 Å². The molecule has 0 fully saturated rings. The van der Waals surface area contributed by atoms with Crippen LogP contribution in [0.1, 0.15) is 18.4 Å². The number of rotatable bonds is 7. The number of non-ortho nitro benzene ring substituents is 1. The summed E-state index contributed by atoms with van der Waals surface area (Å²) in [6.07, 6.45) is 1.20. The normalized spacial score (nSPS) is 10.5. The molecule has 8 nitrogen and oxygen atoms in total. The third-order valence-corrected chi connectivity index (χ3v) is 3.21. The highest BCUT2D eigenvalue weighted by atomic mass is 19.1. The summed E-state index contributed by atoms with van der Waals surface area (Å²) in [5, 5.41) is 16.8. The predicted molar refractivity (Wildman–Crippen MR) is 93.1 cm³/mol. The molecule has 26 heavy (non-hydrogen) atoms. The molecule has 0 aliphatic carbocycles. The molecular formula is C17H15FN4O4. The van der Waals surface area contributed by atoms with E-state index in [4.69, 9.17) is 0 Å². The van der Waals surface area contributed by atoms with E-state index in [0.29, 0.717) is 11.3 Å². The summed E-state index contributed by atoms with van der Waals surface area (Å²) in [4.78, 5) is 33.4. The summed E-state index contributed by atoms with van der Waals surface area (Å²) in [6, 6.07) is 10.9. The van der Waals surface area contributed by atoms with Gasteiger partial charge in [0.1, 0.15) is 5.82 Å². The number of hydrogen-bond donors (Lipinski definition) is 2. The largest absolute Gasteiger partial charge is 0.326 e. The fraction of sp³-hybridized carbons (Fsp3) is 0.118. The van der Waals surface area contributed by atoms with Gasteiger partial charge >= 0.3 is 0 Å². The lowest BCUT2D eigenvalue weighted by Crippen LogP contribution is -2.20. The van der Waals surface area contributed by atoms with Crippen molar-refractivity contribution in [3.05, 3.63) is 70.0 Å². The van der Waals surface area contributed by atoms with E-state index in [1.54, 1.807) is 0 Å². The number of nitrogens with one attached hydrogen (secondary N) is 2. The first-order valence-corrected chi connectivity index (χ1v) is 7.56. The molecule has 134 valence electrons. The Morgan fingerprint density at radius 1 is 1.04 bits per heavy atom. The number of benzene rings is 2. The third kappa shape index (κ3) is 6.11. The fourth-order valence-electron chi connectivity index (χ4n) is 1.90. The Hall–Kier alpha value is -3.62. The van der Waals surface area contributed by atoms with Gasteiger partial charge in [0.05, 0.1) is 11.1 Å². The van der Waals surface area contributed by atoms with Gasteiger partial charge in [-0.15, -0.1) is 0 Å². The Kier molecular flexibility index (Phi) is 6.49. The Morgan fingerprint density at radius 3 is 2.27 bits per heavy atom. The van der Waals surface area contributed by atoms with E-state index < -0.39 is 16.6 Å². The molecule has 0 bridgehead atoms. The van der Waals surface area contributed by atoms with Crippen LogP contribution in [0.3, 0.4) is 0 Å². The zero-order valence-corrected chi connectivity index (χ0v) is 13.5. The molecule has 0 saturated heterocycles. The number of nitro benzene ring substituents is 1. The average Bonchev–Trinajstić information content (AvgIpc) is 2.62. The molecule has 0 atom stereocenters. The van der Waals surface area contributed by atoms with Gasteiger partial charge in [-0.1, -0.05) is 0 Å². The minimum Gasteiger partial charge on any atom is -0.326 e. The number of carbonyl (C=O) groups is 2. The average molecular weight is 358 g/mol. The first-order chi connectivity index (χ1) is 12.4. The summed E-state index contributed by atoms with van der Waals surface area (Å²) >= 11 is 0. The number of hydrazone groups is 1. The molecule has 0 aromatic heterocycles. The second kappa shape index (κ2) is 9.02. The van der Waals surface area contributed by atoms with Crippen LogP contribution in [-0.4, -0.2) is 23.0 Å². The monoisotopic (exact) mass is 358 g/mol. The highest BCUT2D eigenvalue weighted by molar-refractivity contribution is 5.93. The summed E-state index contributed by atoms with van der Waals surface area (Å²) < 4.78 is 12.8. The van der Waals surface area contributed by atoms with Crippen LogP contribution in [-0.2, 0) is 9.59 Å². The van der Waals surface area contributed by atoms with Gasteiger partial charge in [0.15, 0.2) is 0 Å². The number of anilines is 1. The minimum absolute atomic E-state index is 0.0432. The molecule has 2 aromatic carbocycles. The van der Waals surface area contributed by atoms with Crippen LogP contribution in [0.2, 0.25) is 0 Å². The number of amides is 2. The second-order valence-electron chi connectivity index (χ2n) is 5.20. The van der Waals surface area contributed by atoms with E-state index in [2.05, 4.69) is 15.8 Å². The van der Waals surface area contributed by atoms with Crippen LogP contribution in [0.15, 0.2) is 53.6 Å². The zero-order valence-electron chi connectivity index (χ0n) is 13.5. The minimum atomic E-state index is -0.514. The van der Waals surface area contributed by atoms with Crippen molar-refractivity contribution in [1.29, 1.82) is 0 Å². The number of carbonyl (C=O) groups excluding carboxylic acids is 2. The summed E-state index contributed by atoms with van der Waals surface area (Å²) in [7, 11) is 0. The molecule has 2 rings (SSSR count). The van der Waals surface area contributed by atoms with E-state index in [1.807, 2.05) is 0 Å². The maximum Gasteiger partial charge on any atom is 0.269 e. The van der Waals surface area contributed by atoms with Gasteiger partial charge in [0.25, 0.3) is 5.69 Å². The molecular weight excluding hydrogens is 343 g/mol. The molecule has 0 aliphatic rings.